The van der Waals surface area contributed by atoms with Gasteiger partial charge in [0.05, 0.1) is 0 Å². The number of benzene rings is 2. The van der Waals surface area contributed by atoms with E-state index in [1.165, 1.54) is 5.56 Å². The van der Waals surface area contributed by atoms with Crippen LogP contribution in [0.2, 0.25) is 0 Å². The molecule has 4 nitrogen and oxygen atoms in total. The maximum absolute atomic E-state index is 11.5. The summed E-state index contributed by atoms with van der Waals surface area (Å²) in [7, 11) is 1.93. The summed E-state index contributed by atoms with van der Waals surface area (Å²) >= 11 is 0. The molecule has 0 saturated carbocycles. The van der Waals surface area contributed by atoms with E-state index in [0.717, 1.165) is 23.2 Å². The number of hydrogen-bond acceptors (Lipinski definition) is 3. The number of hydrogen-bond donors (Lipinski definition) is 2. The molecule has 2 rings (SSSR count). The van der Waals surface area contributed by atoms with Gasteiger partial charge in [0.2, 0.25) is 0 Å². The molecule has 0 aliphatic rings. The maximum atomic E-state index is 11.5. The van der Waals surface area contributed by atoms with Crippen molar-refractivity contribution in [2.24, 2.45) is 0 Å². The fraction of sp³-hybridized carbons (Fsp3) is 0.350. The first-order valence-electron chi connectivity index (χ1n) is 8.18. The zero-order valence-corrected chi connectivity index (χ0v) is 14.5. The SMILES string of the molecule is CCO[C@@](C)(Cc1ccc(-c2cccc(CNC)c2)cc1)C(=O)O. The van der Waals surface area contributed by atoms with Gasteiger partial charge in [-0.2, -0.15) is 0 Å². The molecule has 2 aromatic carbocycles. The second kappa shape index (κ2) is 8.08. The molecule has 2 N–H and O–H groups in total. The van der Waals surface area contributed by atoms with Crippen molar-refractivity contribution in [1.29, 1.82) is 0 Å². The van der Waals surface area contributed by atoms with Crippen LogP contribution in [-0.4, -0.2) is 30.3 Å². The molecule has 0 aliphatic carbocycles. The topological polar surface area (TPSA) is 58.6 Å². The smallest absolute Gasteiger partial charge is 0.336 e. The lowest BCUT2D eigenvalue weighted by atomic mass is 9.94. The van der Waals surface area contributed by atoms with Crippen LogP contribution in [-0.2, 0) is 22.5 Å². The first kappa shape index (κ1) is 18.2. The molecule has 0 spiro atoms. The van der Waals surface area contributed by atoms with E-state index >= 15 is 0 Å². The molecule has 24 heavy (non-hydrogen) atoms. The zero-order valence-electron chi connectivity index (χ0n) is 14.5. The Bertz CT molecular complexity index is 682. The first-order valence-corrected chi connectivity index (χ1v) is 8.18. The lowest BCUT2D eigenvalue weighted by Gasteiger charge is -2.24. The molecule has 0 unspecified atom stereocenters. The molecule has 0 bridgehead atoms. The van der Waals surface area contributed by atoms with Gasteiger partial charge in [0.15, 0.2) is 5.60 Å². The Kier molecular flexibility index (Phi) is 6.12. The van der Waals surface area contributed by atoms with Crippen LogP contribution >= 0.6 is 0 Å². The van der Waals surface area contributed by atoms with Gasteiger partial charge in [0, 0.05) is 19.6 Å². The van der Waals surface area contributed by atoms with Crippen molar-refractivity contribution in [2.75, 3.05) is 13.7 Å². The van der Waals surface area contributed by atoms with Crippen LogP contribution in [0, 0.1) is 0 Å². The molecule has 0 saturated heterocycles. The molecule has 0 aromatic heterocycles. The Balaban J connectivity index is 2.18. The van der Waals surface area contributed by atoms with E-state index in [4.69, 9.17) is 4.74 Å². The number of carboxylic acid groups (broad SMARTS) is 1. The third-order valence-electron chi connectivity index (χ3n) is 4.05. The summed E-state index contributed by atoms with van der Waals surface area (Å²) in [6.45, 7) is 4.63. The molecule has 2 aromatic rings. The molecule has 0 radical (unpaired) electrons. The fourth-order valence-corrected chi connectivity index (χ4v) is 2.78. The van der Waals surface area contributed by atoms with E-state index in [2.05, 4.69) is 23.5 Å². The van der Waals surface area contributed by atoms with Crippen LogP contribution in [0.3, 0.4) is 0 Å². The summed E-state index contributed by atoms with van der Waals surface area (Å²) < 4.78 is 5.45. The average molecular weight is 327 g/mol. The average Bonchev–Trinajstić information content (AvgIpc) is 2.56. The highest BCUT2D eigenvalue weighted by atomic mass is 16.5. The minimum atomic E-state index is -1.19. The lowest BCUT2D eigenvalue weighted by Crippen LogP contribution is -2.40. The van der Waals surface area contributed by atoms with Crippen molar-refractivity contribution in [1.82, 2.24) is 5.32 Å². The molecule has 4 heteroatoms. The largest absolute Gasteiger partial charge is 0.479 e. The third-order valence-corrected chi connectivity index (χ3v) is 4.05. The fourth-order valence-electron chi connectivity index (χ4n) is 2.78. The van der Waals surface area contributed by atoms with Gasteiger partial charge in [-0.3, -0.25) is 0 Å². The second-order valence-electron chi connectivity index (χ2n) is 6.07. The Hall–Kier alpha value is -2.17. The number of carboxylic acids is 1. The van der Waals surface area contributed by atoms with Crippen molar-refractivity contribution in [3.63, 3.8) is 0 Å². The zero-order chi connectivity index (χ0) is 17.6. The van der Waals surface area contributed by atoms with Crippen molar-refractivity contribution in [3.8, 4) is 11.1 Å². The molecule has 0 fully saturated rings. The summed E-state index contributed by atoms with van der Waals surface area (Å²) in [6.07, 6.45) is 0.343. The minimum absolute atomic E-state index is 0.343. The Morgan fingerprint density at radius 1 is 1.12 bits per heavy atom. The number of nitrogens with one attached hydrogen (secondary N) is 1. The van der Waals surface area contributed by atoms with Crippen LogP contribution in [0.15, 0.2) is 48.5 Å². The van der Waals surface area contributed by atoms with Gasteiger partial charge in [0.1, 0.15) is 0 Å². The molecule has 1 atom stereocenters. The van der Waals surface area contributed by atoms with E-state index in [1.54, 1.807) is 6.92 Å². The predicted octanol–water partition coefficient (Wildman–Crippen LogP) is 3.50. The summed E-state index contributed by atoms with van der Waals surface area (Å²) in [5.41, 5.74) is 3.26. The Labute approximate surface area is 143 Å². The highest BCUT2D eigenvalue weighted by molar-refractivity contribution is 5.77. The van der Waals surface area contributed by atoms with Crippen LogP contribution in [0.4, 0.5) is 0 Å². The van der Waals surface area contributed by atoms with E-state index in [-0.39, 0.29) is 0 Å². The van der Waals surface area contributed by atoms with Gasteiger partial charge in [0.25, 0.3) is 0 Å². The number of rotatable bonds is 8. The van der Waals surface area contributed by atoms with Gasteiger partial charge in [-0.1, -0.05) is 42.5 Å². The van der Waals surface area contributed by atoms with Gasteiger partial charge < -0.3 is 15.2 Å². The van der Waals surface area contributed by atoms with Crippen molar-refractivity contribution >= 4 is 5.97 Å². The minimum Gasteiger partial charge on any atom is -0.479 e. The quantitative estimate of drug-likeness (QED) is 0.779. The van der Waals surface area contributed by atoms with Crippen molar-refractivity contribution in [3.05, 3.63) is 59.7 Å². The van der Waals surface area contributed by atoms with Crippen molar-refractivity contribution in [2.45, 2.75) is 32.4 Å². The lowest BCUT2D eigenvalue weighted by molar-refractivity contribution is -0.162. The van der Waals surface area contributed by atoms with Crippen LogP contribution in [0.1, 0.15) is 25.0 Å². The van der Waals surface area contributed by atoms with Gasteiger partial charge >= 0.3 is 5.97 Å². The predicted molar refractivity (Wildman–Crippen MR) is 96.0 cm³/mol. The monoisotopic (exact) mass is 327 g/mol. The van der Waals surface area contributed by atoms with Crippen LogP contribution in [0.25, 0.3) is 11.1 Å². The second-order valence-corrected chi connectivity index (χ2v) is 6.07. The van der Waals surface area contributed by atoms with Gasteiger partial charge in [-0.25, -0.2) is 4.79 Å². The third kappa shape index (κ3) is 4.43. The summed E-state index contributed by atoms with van der Waals surface area (Å²) in [5, 5.41) is 12.6. The molecule has 128 valence electrons. The normalized spacial score (nSPS) is 13.5. The van der Waals surface area contributed by atoms with E-state index in [1.807, 2.05) is 44.3 Å². The Morgan fingerprint density at radius 2 is 1.83 bits per heavy atom. The molecule has 0 amide bonds. The maximum Gasteiger partial charge on any atom is 0.336 e. The summed E-state index contributed by atoms with van der Waals surface area (Å²) in [4.78, 5) is 11.5. The highest BCUT2D eigenvalue weighted by Crippen LogP contribution is 2.24. The number of carbonyl (C=O) groups is 1. The van der Waals surface area contributed by atoms with Gasteiger partial charge in [-0.15, -0.1) is 0 Å². The van der Waals surface area contributed by atoms with Gasteiger partial charge in [-0.05, 0) is 49.2 Å². The first-order chi connectivity index (χ1) is 11.5. The number of ether oxygens (including phenoxy) is 1. The highest BCUT2D eigenvalue weighted by Gasteiger charge is 2.33. The van der Waals surface area contributed by atoms with Crippen LogP contribution in [0.5, 0.6) is 0 Å². The molecular formula is C20H25NO3. The summed E-state index contributed by atoms with van der Waals surface area (Å²) in [5.74, 6) is -0.937. The van der Waals surface area contributed by atoms with E-state index in [9.17, 15) is 9.90 Å². The Morgan fingerprint density at radius 3 is 2.42 bits per heavy atom. The summed E-state index contributed by atoms with van der Waals surface area (Å²) in [6, 6.07) is 16.4. The number of aliphatic carboxylic acids is 1. The van der Waals surface area contributed by atoms with E-state index < -0.39 is 11.6 Å². The molecular weight excluding hydrogens is 302 g/mol. The molecule has 0 heterocycles. The van der Waals surface area contributed by atoms with Crippen LogP contribution < -0.4 is 5.32 Å². The standard InChI is InChI=1S/C20H25NO3/c1-4-24-20(2,19(22)23)13-15-8-10-17(11-9-15)18-7-5-6-16(12-18)14-21-3/h5-12,21H,4,13-14H2,1-3H3,(H,22,23)/t20-/m0/s1. The molecule has 0 aliphatic heterocycles. The van der Waals surface area contributed by atoms with Crippen molar-refractivity contribution < 1.29 is 14.6 Å². The van der Waals surface area contributed by atoms with E-state index in [0.29, 0.717) is 13.0 Å².